The van der Waals surface area contributed by atoms with Crippen LogP contribution in [0.2, 0.25) is 0 Å². The van der Waals surface area contributed by atoms with Crippen LogP contribution in [-0.2, 0) is 10.0 Å². The summed E-state index contributed by atoms with van der Waals surface area (Å²) in [7, 11) is -1.65. The Labute approximate surface area is 133 Å². The lowest BCUT2D eigenvalue weighted by atomic mass is 9.83. The molecule has 0 saturated heterocycles. The van der Waals surface area contributed by atoms with Gasteiger partial charge in [-0.25, -0.2) is 8.42 Å². The van der Waals surface area contributed by atoms with E-state index in [9.17, 15) is 8.42 Å². The fourth-order valence-corrected chi connectivity index (χ4v) is 3.42. The third-order valence-corrected chi connectivity index (χ3v) is 4.75. The largest absolute Gasteiger partial charge is 0.496 e. The van der Waals surface area contributed by atoms with Crippen molar-refractivity contribution in [1.29, 1.82) is 0 Å². The van der Waals surface area contributed by atoms with Gasteiger partial charge in [-0.2, -0.15) is 0 Å². The van der Waals surface area contributed by atoms with Crippen LogP contribution in [0.4, 0.5) is 5.69 Å². The van der Waals surface area contributed by atoms with Gasteiger partial charge in [-0.15, -0.1) is 0 Å². The van der Waals surface area contributed by atoms with E-state index in [2.05, 4.69) is 17.7 Å². The second kappa shape index (κ2) is 7.18. The highest BCUT2D eigenvalue weighted by molar-refractivity contribution is 7.92. The van der Waals surface area contributed by atoms with Crippen molar-refractivity contribution in [2.24, 2.45) is 11.8 Å². The second-order valence-corrected chi connectivity index (χ2v) is 7.96. The first-order chi connectivity index (χ1) is 10.4. The van der Waals surface area contributed by atoms with Gasteiger partial charge in [-0.3, -0.25) is 4.72 Å². The average Bonchev–Trinajstić information content (AvgIpc) is 2.45. The monoisotopic (exact) mass is 323 g/mol. The summed E-state index contributed by atoms with van der Waals surface area (Å²) in [6.45, 7) is 2.31. The molecule has 1 aromatic rings. The number of sulfonamides is 1. The maximum Gasteiger partial charge on any atom is 0.229 e. The van der Waals surface area contributed by atoms with Gasteiger partial charge in [0.15, 0.2) is 0 Å². The van der Waals surface area contributed by atoms with Gasteiger partial charge in [0.1, 0.15) is 5.75 Å². The van der Waals surface area contributed by atoms with Gasteiger partial charge in [-0.1, -0.05) is 31.9 Å². The van der Waals surface area contributed by atoms with Crippen LogP contribution in [0.25, 0.3) is 6.08 Å². The topological polar surface area (TPSA) is 55.4 Å². The molecular weight excluding hydrogens is 298 g/mol. The zero-order valence-electron chi connectivity index (χ0n) is 13.5. The Hall–Kier alpha value is -1.49. The first kappa shape index (κ1) is 16.9. The molecule has 1 saturated carbocycles. The van der Waals surface area contributed by atoms with Crippen LogP contribution in [0.3, 0.4) is 0 Å². The number of methoxy groups -OCH3 is 1. The molecule has 2 rings (SSSR count). The highest BCUT2D eigenvalue weighted by Crippen LogP contribution is 2.31. The number of benzene rings is 1. The van der Waals surface area contributed by atoms with Crippen molar-refractivity contribution in [3.8, 4) is 5.75 Å². The van der Waals surface area contributed by atoms with Crippen LogP contribution in [-0.4, -0.2) is 21.8 Å². The van der Waals surface area contributed by atoms with E-state index in [1.165, 1.54) is 25.7 Å². The van der Waals surface area contributed by atoms with E-state index in [1.54, 1.807) is 19.2 Å². The van der Waals surface area contributed by atoms with Crippen molar-refractivity contribution < 1.29 is 13.2 Å². The minimum Gasteiger partial charge on any atom is -0.496 e. The summed E-state index contributed by atoms with van der Waals surface area (Å²) in [4.78, 5) is 0. The summed E-state index contributed by atoms with van der Waals surface area (Å²) >= 11 is 0. The van der Waals surface area contributed by atoms with Crippen LogP contribution in [0.15, 0.2) is 24.3 Å². The van der Waals surface area contributed by atoms with Crippen LogP contribution < -0.4 is 9.46 Å². The molecule has 122 valence electrons. The van der Waals surface area contributed by atoms with E-state index in [-0.39, 0.29) is 0 Å². The van der Waals surface area contributed by atoms with Gasteiger partial charge in [0.05, 0.1) is 13.4 Å². The Morgan fingerprint density at radius 1 is 1.23 bits per heavy atom. The van der Waals surface area contributed by atoms with E-state index >= 15 is 0 Å². The lowest BCUT2D eigenvalue weighted by molar-refractivity contribution is 0.331. The van der Waals surface area contributed by atoms with Crippen molar-refractivity contribution in [2.45, 2.75) is 32.6 Å². The zero-order valence-corrected chi connectivity index (χ0v) is 14.3. The first-order valence-electron chi connectivity index (χ1n) is 7.71. The zero-order chi connectivity index (χ0) is 16.2. The third kappa shape index (κ3) is 5.05. The number of ether oxygens (including phenoxy) is 1. The molecule has 0 heterocycles. The van der Waals surface area contributed by atoms with Gasteiger partial charge >= 0.3 is 0 Å². The number of nitrogens with one attached hydrogen (secondary N) is 1. The summed E-state index contributed by atoms with van der Waals surface area (Å²) < 4.78 is 30.5. The van der Waals surface area contributed by atoms with Crippen molar-refractivity contribution in [2.75, 3.05) is 18.1 Å². The van der Waals surface area contributed by atoms with E-state index in [0.29, 0.717) is 11.6 Å². The molecular formula is C17H25NO3S. The number of hydrogen-bond donors (Lipinski definition) is 1. The Morgan fingerprint density at radius 3 is 2.50 bits per heavy atom. The van der Waals surface area contributed by atoms with Gasteiger partial charge in [0, 0.05) is 11.3 Å². The van der Waals surface area contributed by atoms with Crippen molar-refractivity contribution >= 4 is 21.8 Å². The highest BCUT2D eigenvalue weighted by atomic mass is 32.2. The molecule has 1 aromatic carbocycles. The van der Waals surface area contributed by atoms with Crippen LogP contribution in [0.5, 0.6) is 5.75 Å². The van der Waals surface area contributed by atoms with Gasteiger partial charge in [0.2, 0.25) is 10.0 Å². The SMILES string of the molecule is COc1ccc(NS(C)(=O)=O)cc1C=CC1CCC(C)CC1. The predicted molar refractivity (Wildman–Crippen MR) is 91.6 cm³/mol. The Balaban J connectivity index is 2.15. The summed E-state index contributed by atoms with van der Waals surface area (Å²) in [5.41, 5.74) is 1.45. The fourth-order valence-electron chi connectivity index (χ4n) is 2.86. The van der Waals surface area contributed by atoms with Crippen molar-refractivity contribution in [3.63, 3.8) is 0 Å². The molecule has 1 aliphatic rings. The van der Waals surface area contributed by atoms with E-state index in [0.717, 1.165) is 23.5 Å². The van der Waals surface area contributed by atoms with Crippen molar-refractivity contribution in [1.82, 2.24) is 0 Å². The molecule has 0 unspecified atom stereocenters. The molecule has 0 spiro atoms. The molecule has 0 amide bonds. The molecule has 4 nitrogen and oxygen atoms in total. The highest BCUT2D eigenvalue weighted by Gasteiger charge is 2.16. The lowest BCUT2D eigenvalue weighted by Gasteiger charge is -2.23. The molecule has 5 heteroatoms. The molecule has 0 aliphatic heterocycles. The van der Waals surface area contributed by atoms with E-state index in [1.807, 2.05) is 12.1 Å². The number of allylic oxidation sites excluding steroid dienone is 1. The minimum atomic E-state index is -3.27. The first-order valence-corrected chi connectivity index (χ1v) is 9.60. The fraction of sp³-hybridized carbons (Fsp3) is 0.529. The summed E-state index contributed by atoms with van der Waals surface area (Å²) in [6.07, 6.45) is 10.4. The third-order valence-electron chi connectivity index (χ3n) is 4.14. The molecule has 1 fully saturated rings. The second-order valence-electron chi connectivity index (χ2n) is 6.21. The smallest absolute Gasteiger partial charge is 0.229 e. The Kier molecular flexibility index (Phi) is 5.51. The molecule has 0 bridgehead atoms. The molecule has 1 aliphatic carbocycles. The molecule has 22 heavy (non-hydrogen) atoms. The quantitative estimate of drug-likeness (QED) is 0.894. The normalized spacial score (nSPS) is 22.7. The van der Waals surface area contributed by atoms with Gasteiger partial charge in [0.25, 0.3) is 0 Å². The van der Waals surface area contributed by atoms with E-state index in [4.69, 9.17) is 4.74 Å². The maximum atomic E-state index is 11.3. The summed E-state index contributed by atoms with van der Waals surface area (Å²) in [5.74, 6) is 2.19. The van der Waals surface area contributed by atoms with Gasteiger partial charge in [-0.05, 0) is 42.9 Å². The van der Waals surface area contributed by atoms with Crippen molar-refractivity contribution in [3.05, 3.63) is 29.8 Å². The Bertz CT molecular complexity index is 629. The lowest BCUT2D eigenvalue weighted by Crippen LogP contribution is -2.10. The van der Waals surface area contributed by atoms with Crippen LogP contribution in [0.1, 0.15) is 38.2 Å². The van der Waals surface area contributed by atoms with Crippen LogP contribution in [0, 0.1) is 11.8 Å². The summed E-state index contributed by atoms with van der Waals surface area (Å²) in [5, 5.41) is 0. The van der Waals surface area contributed by atoms with Crippen LogP contribution >= 0.6 is 0 Å². The standard InChI is InChI=1S/C17H25NO3S/c1-13-4-6-14(7-5-13)8-9-15-12-16(18-22(3,19)20)10-11-17(15)21-2/h8-14,18H,4-7H2,1-3H3. The Morgan fingerprint density at radius 2 is 1.91 bits per heavy atom. The molecule has 0 atom stereocenters. The molecule has 1 N–H and O–H groups in total. The number of hydrogen-bond acceptors (Lipinski definition) is 3. The summed E-state index contributed by atoms with van der Waals surface area (Å²) in [6, 6.07) is 5.30. The maximum absolute atomic E-state index is 11.3. The molecule has 0 aromatic heterocycles. The minimum absolute atomic E-state index is 0.556. The van der Waals surface area contributed by atoms with Gasteiger partial charge < -0.3 is 4.74 Å². The van der Waals surface area contributed by atoms with E-state index < -0.39 is 10.0 Å². The molecule has 0 radical (unpaired) electrons. The average molecular weight is 323 g/mol. The predicted octanol–water partition coefficient (Wildman–Crippen LogP) is 3.91. The number of anilines is 1. The number of rotatable bonds is 5.